The fourth-order valence-electron chi connectivity index (χ4n) is 3.80. The molecule has 0 radical (unpaired) electrons. The van der Waals surface area contributed by atoms with Crippen LogP contribution in [0.5, 0.6) is 11.5 Å². The van der Waals surface area contributed by atoms with Crippen LogP contribution >= 0.6 is 0 Å². The lowest BCUT2D eigenvalue weighted by Gasteiger charge is -2.22. The number of aldehydes is 1. The van der Waals surface area contributed by atoms with Crippen molar-refractivity contribution in [1.82, 2.24) is 9.88 Å². The van der Waals surface area contributed by atoms with Crippen LogP contribution in [0.2, 0.25) is 0 Å². The van der Waals surface area contributed by atoms with Gasteiger partial charge in [0.2, 0.25) is 0 Å². The van der Waals surface area contributed by atoms with E-state index in [1.165, 1.54) is 11.1 Å². The quantitative estimate of drug-likeness (QED) is 0.285. The summed E-state index contributed by atoms with van der Waals surface area (Å²) in [6, 6.07) is 25.9. The van der Waals surface area contributed by atoms with Crippen LogP contribution in [-0.2, 0) is 6.42 Å². The molecule has 0 fully saturated rings. The second kappa shape index (κ2) is 11.8. The van der Waals surface area contributed by atoms with Gasteiger partial charge in [0.1, 0.15) is 11.5 Å². The SMILES string of the molecule is O=Cc1ccc(-c2ccc(CCN(C[C@H](O)c3cccnc3)C(=O)O)cc2)cc1Oc1ccccc1. The highest BCUT2D eigenvalue weighted by molar-refractivity contribution is 5.82. The van der Waals surface area contributed by atoms with Crippen molar-refractivity contribution in [3.05, 3.63) is 114 Å². The first-order chi connectivity index (χ1) is 17.5. The van der Waals surface area contributed by atoms with Crippen molar-refractivity contribution in [2.75, 3.05) is 13.1 Å². The molecule has 0 bridgehead atoms. The van der Waals surface area contributed by atoms with Crippen LogP contribution in [0.3, 0.4) is 0 Å². The Morgan fingerprint density at radius 1 is 0.972 bits per heavy atom. The van der Waals surface area contributed by atoms with E-state index in [0.29, 0.717) is 29.0 Å². The molecule has 7 nitrogen and oxygen atoms in total. The molecule has 1 atom stereocenters. The maximum atomic E-state index is 11.7. The van der Waals surface area contributed by atoms with Crippen molar-refractivity contribution in [3.63, 3.8) is 0 Å². The molecule has 3 aromatic carbocycles. The molecule has 4 rings (SSSR count). The maximum Gasteiger partial charge on any atom is 0.407 e. The summed E-state index contributed by atoms with van der Waals surface area (Å²) in [5.41, 5.74) is 3.83. The predicted octanol–water partition coefficient (Wildman–Crippen LogP) is 5.61. The molecule has 0 spiro atoms. The van der Waals surface area contributed by atoms with E-state index < -0.39 is 12.2 Å². The number of nitrogens with zero attached hydrogens (tertiary/aromatic N) is 2. The van der Waals surface area contributed by atoms with Crippen molar-refractivity contribution in [2.45, 2.75) is 12.5 Å². The summed E-state index contributed by atoms with van der Waals surface area (Å²) >= 11 is 0. The summed E-state index contributed by atoms with van der Waals surface area (Å²) in [5.74, 6) is 1.12. The average Bonchev–Trinajstić information content (AvgIpc) is 2.92. The minimum atomic E-state index is -1.09. The monoisotopic (exact) mass is 482 g/mol. The molecule has 1 heterocycles. The highest BCUT2D eigenvalue weighted by Crippen LogP contribution is 2.30. The molecule has 7 heteroatoms. The number of benzene rings is 3. The number of pyridine rings is 1. The van der Waals surface area contributed by atoms with Gasteiger partial charge >= 0.3 is 6.09 Å². The van der Waals surface area contributed by atoms with Gasteiger partial charge in [-0.15, -0.1) is 0 Å². The van der Waals surface area contributed by atoms with E-state index in [1.54, 1.807) is 24.4 Å². The number of aromatic nitrogens is 1. The zero-order valence-corrected chi connectivity index (χ0v) is 19.5. The van der Waals surface area contributed by atoms with Gasteiger partial charge in [-0.25, -0.2) is 4.79 Å². The molecule has 1 aromatic heterocycles. The van der Waals surface area contributed by atoms with Crippen LogP contribution in [0, 0.1) is 0 Å². The molecule has 0 aliphatic carbocycles. The highest BCUT2D eigenvalue weighted by Gasteiger charge is 2.18. The van der Waals surface area contributed by atoms with Crippen LogP contribution in [0.1, 0.15) is 27.6 Å². The number of hydrogen-bond acceptors (Lipinski definition) is 5. The number of carbonyl (C=O) groups is 2. The fourth-order valence-corrected chi connectivity index (χ4v) is 3.80. The molecular weight excluding hydrogens is 456 g/mol. The van der Waals surface area contributed by atoms with E-state index in [0.717, 1.165) is 23.0 Å². The third kappa shape index (κ3) is 6.34. The first kappa shape index (κ1) is 24.6. The van der Waals surface area contributed by atoms with Crippen molar-refractivity contribution in [2.24, 2.45) is 0 Å². The lowest BCUT2D eigenvalue weighted by molar-refractivity contribution is 0.0971. The highest BCUT2D eigenvalue weighted by atomic mass is 16.5. The summed E-state index contributed by atoms with van der Waals surface area (Å²) in [4.78, 5) is 28.4. The zero-order chi connectivity index (χ0) is 25.3. The van der Waals surface area contributed by atoms with E-state index in [2.05, 4.69) is 4.98 Å². The van der Waals surface area contributed by atoms with Crippen LogP contribution in [0.25, 0.3) is 11.1 Å². The normalized spacial score (nSPS) is 11.5. The van der Waals surface area contributed by atoms with Gasteiger partial charge in [0.15, 0.2) is 6.29 Å². The van der Waals surface area contributed by atoms with Crippen molar-refractivity contribution in [3.8, 4) is 22.6 Å². The van der Waals surface area contributed by atoms with E-state index in [9.17, 15) is 19.8 Å². The number of aliphatic hydroxyl groups excluding tert-OH is 1. The standard InChI is InChI=1S/C29H26N2O5/c32-20-25-13-12-23(17-28(25)36-26-6-2-1-3-7-26)22-10-8-21(9-11-22)14-16-31(29(34)35)19-27(33)24-5-4-15-30-18-24/h1-13,15,17-18,20,27,33H,14,16,19H2,(H,34,35)/t27-/m0/s1. The smallest absolute Gasteiger partial charge is 0.407 e. The molecular formula is C29H26N2O5. The van der Waals surface area contributed by atoms with Crippen LogP contribution in [-0.4, -0.2) is 45.6 Å². The lowest BCUT2D eigenvalue weighted by atomic mass is 10.0. The summed E-state index contributed by atoms with van der Waals surface area (Å²) in [6.07, 6.45) is 2.36. The molecule has 0 saturated carbocycles. The Hall–Kier alpha value is -4.49. The van der Waals surface area contributed by atoms with Gasteiger partial charge < -0.3 is 19.8 Å². The largest absolute Gasteiger partial charge is 0.465 e. The first-order valence-corrected chi connectivity index (χ1v) is 11.5. The van der Waals surface area contributed by atoms with Crippen LogP contribution < -0.4 is 4.74 Å². The first-order valence-electron chi connectivity index (χ1n) is 11.5. The Kier molecular flexibility index (Phi) is 8.05. The third-order valence-electron chi connectivity index (χ3n) is 5.80. The minimum Gasteiger partial charge on any atom is -0.465 e. The summed E-state index contributed by atoms with van der Waals surface area (Å²) in [5, 5.41) is 20.0. The van der Waals surface area contributed by atoms with Crippen molar-refractivity contribution < 1.29 is 24.5 Å². The molecule has 0 aliphatic heterocycles. The van der Waals surface area contributed by atoms with E-state index >= 15 is 0 Å². The molecule has 0 unspecified atom stereocenters. The average molecular weight is 483 g/mol. The second-order valence-electron chi connectivity index (χ2n) is 8.26. The summed E-state index contributed by atoms with van der Waals surface area (Å²) in [6.45, 7) is 0.210. The Balaban J connectivity index is 1.42. The zero-order valence-electron chi connectivity index (χ0n) is 19.5. The number of carboxylic acid groups (broad SMARTS) is 1. The van der Waals surface area contributed by atoms with Gasteiger partial charge in [-0.1, -0.05) is 54.6 Å². The number of para-hydroxylation sites is 1. The van der Waals surface area contributed by atoms with E-state index in [4.69, 9.17) is 4.74 Å². The number of hydrogen-bond donors (Lipinski definition) is 2. The Morgan fingerprint density at radius 2 is 1.72 bits per heavy atom. The Bertz CT molecular complexity index is 1290. The summed E-state index contributed by atoms with van der Waals surface area (Å²) in [7, 11) is 0. The Morgan fingerprint density at radius 3 is 2.39 bits per heavy atom. The van der Waals surface area contributed by atoms with Gasteiger partial charge in [-0.2, -0.15) is 0 Å². The van der Waals surface area contributed by atoms with Gasteiger partial charge in [0.05, 0.1) is 18.2 Å². The minimum absolute atomic E-state index is 0.0353. The molecule has 36 heavy (non-hydrogen) atoms. The number of ether oxygens (including phenoxy) is 1. The lowest BCUT2D eigenvalue weighted by Crippen LogP contribution is -2.35. The predicted molar refractivity (Wildman–Crippen MR) is 136 cm³/mol. The molecule has 2 N–H and O–H groups in total. The molecule has 1 amide bonds. The van der Waals surface area contributed by atoms with Crippen molar-refractivity contribution >= 4 is 12.4 Å². The summed E-state index contributed by atoms with van der Waals surface area (Å²) < 4.78 is 5.92. The Labute approximate surface area is 209 Å². The number of rotatable bonds is 10. The third-order valence-corrected chi connectivity index (χ3v) is 5.80. The van der Waals surface area contributed by atoms with Gasteiger partial charge in [-0.3, -0.25) is 9.78 Å². The van der Waals surface area contributed by atoms with Gasteiger partial charge in [0, 0.05) is 24.5 Å². The molecule has 0 aliphatic rings. The van der Waals surface area contributed by atoms with Crippen molar-refractivity contribution in [1.29, 1.82) is 0 Å². The fraction of sp³-hybridized carbons (Fsp3) is 0.138. The van der Waals surface area contributed by atoms with Crippen LogP contribution in [0.4, 0.5) is 4.79 Å². The van der Waals surface area contributed by atoms with Crippen LogP contribution in [0.15, 0.2) is 97.3 Å². The molecule has 0 saturated heterocycles. The maximum absolute atomic E-state index is 11.7. The van der Waals surface area contributed by atoms with Gasteiger partial charge in [-0.05, 0) is 53.4 Å². The van der Waals surface area contributed by atoms with Gasteiger partial charge in [0.25, 0.3) is 0 Å². The molecule has 182 valence electrons. The molecule has 4 aromatic rings. The van der Waals surface area contributed by atoms with E-state index in [1.807, 2.05) is 66.7 Å². The van der Waals surface area contributed by atoms with E-state index in [-0.39, 0.29) is 13.1 Å². The number of aliphatic hydroxyl groups is 1. The second-order valence-corrected chi connectivity index (χ2v) is 8.26. The number of amides is 1. The number of carbonyl (C=O) groups excluding carboxylic acids is 1. The topological polar surface area (TPSA) is 100.0 Å².